The molecule has 1 atom stereocenters. The number of hydrogen-bond acceptors (Lipinski definition) is 3. The van der Waals surface area contributed by atoms with Crippen LogP contribution in [0.25, 0.3) is 10.9 Å². The normalized spacial score (nSPS) is 19.2. The van der Waals surface area contributed by atoms with Crippen LogP contribution in [0.3, 0.4) is 0 Å². The Hall–Kier alpha value is -1.55. The topological polar surface area (TPSA) is 33.2 Å². The zero-order valence-electron chi connectivity index (χ0n) is 12.3. The molecule has 1 fully saturated rings. The van der Waals surface area contributed by atoms with Crippen molar-refractivity contribution in [3.8, 4) is 0 Å². The highest BCUT2D eigenvalue weighted by Gasteiger charge is 2.30. The minimum atomic E-state index is 0.130. The molecule has 0 aliphatic carbocycles. The van der Waals surface area contributed by atoms with Gasteiger partial charge in [0.2, 0.25) is 5.91 Å². The summed E-state index contributed by atoms with van der Waals surface area (Å²) < 4.78 is 0. The van der Waals surface area contributed by atoms with Gasteiger partial charge >= 0.3 is 0 Å². The van der Waals surface area contributed by atoms with E-state index in [4.69, 9.17) is 0 Å². The average molecular weight is 300 g/mol. The van der Waals surface area contributed by atoms with Crippen LogP contribution in [0.2, 0.25) is 0 Å². The number of unbranched alkanes of at least 4 members (excludes halogenated alkanes) is 1. The number of amides is 1. The minimum Gasteiger partial charge on any atom is -0.327 e. The first kappa shape index (κ1) is 14.4. The lowest BCUT2D eigenvalue weighted by Gasteiger charge is -2.36. The second-order valence-electron chi connectivity index (χ2n) is 5.33. The average Bonchev–Trinajstić information content (AvgIpc) is 2.53. The number of benzene rings is 1. The van der Waals surface area contributed by atoms with Crippen LogP contribution in [0.1, 0.15) is 37.1 Å². The van der Waals surface area contributed by atoms with Crippen LogP contribution in [0.5, 0.6) is 0 Å². The van der Waals surface area contributed by atoms with Gasteiger partial charge in [0.25, 0.3) is 0 Å². The van der Waals surface area contributed by atoms with Crippen molar-refractivity contribution in [3.05, 3.63) is 42.1 Å². The van der Waals surface area contributed by atoms with Gasteiger partial charge in [0.1, 0.15) is 5.37 Å². The monoisotopic (exact) mass is 300 g/mol. The Morgan fingerprint density at radius 1 is 1.33 bits per heavy atom. The quantitative estimate of drug-likeness (QED) is 0.855. The maximum atomic E-state index is 12.3. The molecule has 0 bridgehead atoms. The van der Waals surface area contributed by atoms with Crippen LogP contribution < -0.4 is 0 Å². The van der Waals surface area contributed by atoms with E-state index in [9.17, 15) is 4.79 Å². The Morgan fingerprint density at radius 2 is 2.19 bits per heavy atom. The van der Waals surface area contributed by atoms with E-state index in [1.54, 1.807) is 0 Å². The predicted octanol–water partition coefficient (Wildman–Crippen LogP) is 4.00. The van der Waals surface area contributed by atoms with Crippen LogP contribution in [0.15, 0.2) is 36.5 Å². The zero-order chi connectivity index (χ0) is 14.7. The van der Waals surface area contributed by atoms with Gasteiger partial charge in [-0.05, 0) is 24.1 Å². The number of carbonyl (C=O) groups is 1. The summed E-state index contributed by atoms with van der Waals surface area (Å²) in [5.74, 6) is 1.19. The molecule has 0 saturated carbocycles. The van der Waals surface area contributed by atoms with Crippen molar-refractivity contribution in [1.29, 1.82) is 0 Å². The molecule has 1 saturated heterocycles. The van der Waals surface area contributed by atoms with Crippen molar-refractivity contribution in [2.24, 2.45) is 0 Å². The molecule has 1 aromatic heterocycles. The Bertz CT molecular complexity index is 638. The van der Waals surface area contributed by atoms with Crippen LogP contribution in [-0.4, -0.2) is 28.1 Å². The molecule has 1 amide bonds. The number of pyridine rings is 1. The highest BCUT2D eigenvalue weighted by molar-refractivity contribution is 7.99. The highest BCUT2D eigenvalue weighted by atomic mass is 32.2. The standard InChI is InChI=1S/C17H20N2OS/c1-2-3-11-19-16(20)9-12-21-17(19)14-8-10-18-15-7-5-4-6-13(14)15/h4-8,10,17H,2-3,9,11-12H2,1H3. The van der Waals surface area contributed by atoms with Crippen LogP contribution >= 0.6 is 11.8 Å². The van der Waals surface area contributed by atoms with E-state index in [1.165, 1.54) is 5.56 Å². The Balaban J connectivity index is 2.00. The van der Waals surface area contributed by atoms with Gasteiger partial charge in [-0.2, -0.15) is 0 Å². The fourth-order valence-corrected chi connectivity index (χ4v) is 4.09. The van der Waals surface area contributed by atoms with E-state index in [2.05, 4.69) is 28.9 Å². The van der Waals surface area contributed by atoms with Gasteiger partial charge in [-0.15, -0.1) is 11.8 Å². The summed E-state index contributed by atoms with van der Waals surface area (Å²) in [5, 5.41) is 1.29. The van der Waals surface area contributed by atoms with Crippen molar-refractivity contribution in [2.75, 3.05) is 12.3 Å². The molecule has 110 valence electrons. The second kappa shape index (κ2) is 6.48. The molecular formula is C17H20N2OS. The van der Waals surface area contributed by atoms with Crippen molar-refractivity contribution in [3.63, 3.8) is 0 Å². The molecule has 1 unspecified atom stereocenters. The molecule has 3 nitrogen and oxygen atoms in total. The number of para-hydroxylation sites is 1. The predicted molar refractivity (Wildman–Crippen MR) is 88.2 cm³/mol. The van der Waals surface area contributed by atoms with Crippen molar-refractivity contribution < 1.29 is 4.79 Å². The molecular weight excluding hydrogens is 280 g/mol. The Kier molecular flexibility index (Phi) is 4.44. The summed E-state index contributed by atoms with van der Waals surface area (Å²) in [6, 6.07) is 10.3. The molecule has 0 radical (unpaired) electrons. The largest absolute Gasteiger partial charge is 0.327 e. The summed E-state index contributed by atoms with van der Waals surface area (Å²) in [6.07, 6.45) is 4.69. The number of fused-ring (bicyclic) bond motifs is 1. The molecule has 2 heterocycles. The molecule has 0 N–H and O–H groups in total. The fraction of sp³-hybridized carbons (Fsp3) is 0.412. The van der Waals surface area contributed by atoms with E-state index in [0.717, 1.165) is 36.0 Å². The van der Waals surface area contributed by atoms with E-state index in [0.29, 0.717) is 6.42 Å². The Morgan fingerprint density at radius 3 is 3.05 bits per heavy atom. The third-order valence-corrected chi connectivity index (χ3v) is 5.16. The maximum absolute atomic E-state index is 12.3. The lowest BCUT2D eigenvalue weighted by Crippen LogP contribution is -2.38. The van der Waals surface area contributed by atoms with E-state index < -0.39 is 0 Å². The lowest BCUT2D eigenvalue weighted by molar-refractivity contribution is -0.132. The summed E-state index contributed by atoms with van der Waals surface area (Å²) >= 11 is 1.87. The van der Waals surface area contributed by atoms with Gasteiger partial charge in [0.15, 0.2) is 0 Å². The van der Waals surface area contributed by atoms with E-state index in [-0.39, 0.29) is 11.3 Å². The van der Waals surface area contributed by atoms with Gasteiger partial charge in [0.05, 0.1) is 5.52 Å². The lowest BCUT2D eigenvalue weighted by atomic mass is 10.1. The summed E-state index contributed by atoms with van der Waals surface area (Å²) in [7, 11) is 0. The van der Waals surface area contributed by atoms with Crippen LogP contribution in [0, 0.1) is 0 Å². The molecule has 1 aliphatic rings. The zero-order valence-corrected chi connectivity index (χ0v) is 13.1. The first-order valence-corrected chi connectivity index (χ1v) is 8.61. The van der Waals surface area contributed by atoms with Crippen LogP contribution in [-0.2, 0) is 4.79 Å². The molecule has 1 aliphatic heterocycles. The third-order valence-electron chi connectivity index (χ3n) is 3.90. The number of rotatable bonds is 4. The third kappa shape index (κ3) is 2.91. The van der Waals surface area contributed by atoms with Crippen molar-refractivity contribution in [1.82, 2.24) is 9.88 Å². The summed E-state index contributed by atoms with van der Waals surface area (Å²) in [5.41, 5.74) is 2.22. The number of aromatic nitrogens is 1. The minimum absolute atomic E-state index is 0.130. The van der Waals surface area contributed by atoms with Crippen LogP contribution in [0.4, 0.5) is 0 Å². The first-order valence-electron chi connectivity index (χ1n) is 7.56. The van der Waals surface area contributed by atoms with E-state index >= 15 is 0 Å². The number of nitrogens with zero attached hydrogens (tertiary/aromatic N) is 2. The van der Waals surface area contributed by atoms with Gasteiger partial charge in [-0.3, -0.25) is 9.78 Å². The number of thioether (sulfide) groups is 1. The number of carbonyl (C=O) groups excluding carboxylic acids is 1. The van der Waals surface area contributed by atoms with Gasteiger partial charge < -0.3 is 4.90 Å². The van der Waals surface area contributed by atoms with E-state index in [1.807, 2.05) is 36.2 Å². The summed E-state index contributed by atoms with van der Waals surface area (Å²) in [6.45, 7) is 3.02. The molecule has 3 rings (SSSR count). The highest BCUT2D eigenvalue weighted by Crippen LogP contribution is 2.39. The number of hydrogen-bond donors (Lipinski definition) is 0. The van der Waals surface area contributed by atoms with Gasteiger partial charge in [-0.25, -0.2) is 0 Å². The summed E-state index contributed by atoms with van der Waals surface area (Å²) in [4.78, 5) is 18.8. The molecule has 2 aromatic rings. The van der Waals surface area contributed by atoms with Crippen molar-refractivity contribution in [2.45, 2.75) is 31.6 Å². The SMILES string of the molecule is CCCCN1C(=O)CCSC1c1ccnc2ccccc12. The maximum Gasteiger partial charge on any atom is 0.224 e. The van der Waals surface area contributed by atoms with Crippen molar-refractivity contribution >= 4 is 28.6 Å². The Labute approximate surface area is 129 Å². The van der Waals surface area contributed by atoms with Gasteiger partial charge in [0, 0.05) is 30.3 Å². The smallest absolute Gasteiger partial charge is 0.224 e. The fourth-order valence-electron chi connectivity index (χ4n) is 2.78. The second-order valence-corrected chi connectivity index (χ2v) is 6.52. The molecule has 0 spiro atoms. The molecule has 4 heteroatoms. The molecule has 1 aromatic carbocycles. The molecule has 21 heavy (non-hydrogen) atoms. The first-order chi connectivity index (χ1) is 10.3. The van der Waals surface area contributed by atoms with Gasteiger partial charge in [-0.1, -0.05) is 31.5 Å².